The van der Waals surface area contributed by atoms with E-state index in [1.807, 2.05) is 0 Å². The summed E-state index contributed by atoms with van der Waals surface area (Å²) in [6.07, 6.45) is 6.14. The predicted octanol–water partition coefficient (Wildman–Crippen LogP) is 1.06. The van der Waals surface area contributed by atoms with Gasteiger partial charge in [-0.3, -0.25) is 4.79 Å². The second-order valence-corrected chi connectivity index (χ2v) is 5.19. The Labute approximate surface area is 103 Å². The molecule has 2 aliphatic heterocycles. The summed E-state index contributed by atoms with van der Waals surface area (Å²) in [7, 11) is 0. The normalized spacial score (nSPS) is 23.5. The van der Waals surface area contributed by atoms with Crippen molar-refractivity contribution in [3.63, 3.8) is 0 Å². The summed E-state index contributed by atoms with van der Waals surface area (Å²) in [6.45, 7) is 3.82. The first-order valence-corrected chi connectivity index (χ1v) is 6.92. The van der Waals surface area contributed by atoms with Gasteiger partial charge in [0.25, 0.3) is 0 Å². The Balaban J connectivity index is 1.59. The average molecular weight is 240 g/mol. The fourth-order valence-electron chi connectivity index (χ4n) is 2.65. The van der Waals surface area contributed by atoms with E-state index in [9.17, 15) is 4.79 Å². The molecule has 1 amide bonds. The van der Waals surface area contributed by atoms with Gasteiger partial charge in [0.1, 0.15) is 0 Å². The van der Waals surface area contributed by atoms with Crippen molar-refractivity contribution in [2.45, 2.75) is 44.6 Å². The van der Waals surface area contributed by atoms with E-state index in [0.717, 1.165) is 51.5 Å². The Morgan fingerprint density at radius 1 is 1.18 bits per heavy atom. The number of ether oxygens (including phenoxy) is 1. The van der Waals surface area contributed by atoms with Crippen molar-refractivity contribution < 1.29 is 9.53 Å². The van der Waals surface area contributed by atoms with Crippen LogP contribution in [0.25, 0.3) is 0 Å². The van der Waals surface area contributed by atoms with Crippen molar-refractivity contribution in [3.8, 4) is 0 Å². The van der Waals surface area contributed by atoms with E-state index >= 15 is 0 Å². The summed E-state index contributed by atoms with van der Waals surface area (Å²) < 4.78 is 5.28. The van der Waals surface area contributed by atoms with Crippen molar-refractivity contribution in [2.24, 2.45) is 5.92 Å². The van der Waals surface area contributed by atoms with Crippen molar-refractivity contribution in [3.05, 3.63) is 0 Å². The first kappa shape index (κ1) is 12.8. The highest BCUT2D eigenvalue weighted by Crippen LogP contribution is 2.17. The number of hydrogen-bond donors (Lipinski definition) is 2. The smallest absolute Gasteiger partial charge is 0.220 e. The summed E-state index contributed by atoms with van der Waals surface area (Å²) in [5.74, 6) is 0.979. The number of rotatable bonds is 4. The third-order valence-electron chi connectivity index (χ3n) is 3.82. The molecule has 17 heavy (non-hydrogen) atoms. The quantitative estimate of drug-likeness (QED) is 0.772. The number of hydrogen-bond acceptors (Lipinski definition) is 3. The number of carbonyl (C=O) groups is 1. The van der Waals surface area contributed by atoms with Crippen LogP contribution in [0.1, 0.15) is 38.5 Å². The molecular weight excluding hydrogens is 216 g/mol. The number of nitrogens with one attached hydrogen (secondary N) is 2. The zero-order valence-corrected chi connectivity index (χ0v) is 10.5. The van der Waals surface area contributed by atoms with E-state index in [-0.39, 0.29) is 5.91 Å². The first-order valence-electron chi connectivity index (χ1n) is 6.92. The molecule has 2 aliphatic rings. The second kappa shape index (κ2) is 6.97. The monoisotopic (exact) mass is 240 g/mol. The molecule has 4 heteroatoms. The van der Waals surface area contributed by atoms with Crippen LogP contribution in [0, 0.1) is 5.92 Å². The van der Waals surface area contributed by atoms with Gasteiger partial charge in [-0.15, -0.1) is 0 Å². The molecule has 2 rings (SSSR count). The van der Waals surface area contributed by atoms with E-state index in [4.69, 9.17) is 4.74 Å². The maximum absolute atomic E-state index is 11.8. The number of carbonyl (C=O) groups excluding carboxylic acids is 1. The molecule has 0 aromatic heterocycles. The Hall–Kier alpha value is -0.610. The van der Waals surface area contributed by atoms with E-state index in [1.165, 1.54) is 12.8 Å². The lowest BCUT2D eigenvalue weighted by molar-refractivity contribution is -0.122. The predicted molar refractivity (Wildman–Crippen MR) is 66.8 cm³/mol. The molecule has 0 aliphatic carbocycles. The van der Waals surface area contributed by atoms with Gasteiger partial charge in [0.2, 0.25) is 5.91 Å². The largest absolute Gasteiger partial charge is 0.381 e. The molecular formula is C13H24N2O2. The van der Waals surface area contributed by atoms with Crippen LogP contribution in [0.4, 0.5) is 0 Å². The van der Waals surface area contributed by atoms with Crippen LogP contribution in [0.5, 0.6) is 0 Å². The Bertz CT molecular complexity index is 234. The van der Waals surface area contributed by atoms with Gasteiger partial charge in [-0.2, -0.15) is 0 Å². The summed E-state index contributed by atoms with van der Waals surface area (Å²) in [5, 5.41) is 6.48. The molecule has 2 fully saturated rings. The van der Waals surface area contributed by atoms with Gasteiger partial charge in [0, 0.05) is 25.7 Å². The van der Waals surface area contributed by atoms with Crippen LogP contribution in [-0.2, 0) is 9.53 Å². The lowest BCUT2D eigenvalue weighted by Crippen LogP contribution is -2.39. The zero-order chi connectivity index (χ0) is 11.9. The Morgan fingerprint density at radius 3 is 2.59 bits per heavy atom. The SMILES string of the molecule is O=C(CCC1CCNCC1)NC1CCOCC1. The highest BCUT2D eigenvalue weighted by Gasteiger charge is 2.18. The molecule has 0 bridgehead atoms. The van der Waals surface area contributed by atoms with E-state index in [0.29, 0.717) is 12.5 Å². The molecule has 0 aromatic rings. The van der Waals surface area contributed by atoms with Gasteiger partial charge in [-0.25, -0.2) is 0 Å². The molecule has 2 saturated heterocycles. The van der Waals surface area contributed by atoms with Crippen LogP contribution < -0.4 is 10.6 Å². The fourth-order valence-corrected chi connectivity index (χ4v) is 2.65. The number of piperidine rings is 1. The van der Waals surface area contributed by atoms with Crippen LogP contribution in [0.15, 0.2) is 0 Å². The summed E-state index contributed by atoms with van der Waals surface area (Å²) in [4.78, 5) is 11.8. The molecule has 98 valence electrons. The van der Waals surface area contributed by atoms with E-state index in [1.54, 1.807) is 0 Å². The standard InChI is InChI=1S/C13H24N2O2/c16-13(15-12-5-9-17-10-6-12)2-1-11-3-7-14-8-4-11/h11-12,14H,1-10H2,(H,15,16). The maximum Gasteiger partial charge on any atom is 0.220 e. The Kier molecular flexibility index (Phi) is 5.26. The van der Waals surface area contributed by atoms with Crippen molar-refractivity contribution >= 4 is 5.91 Å². The van der Waals surface area contributed by atoms with Gasteiger partial charge in [-0.1, -0.05) is 0 Å². The Morgan fingerprint density at radius 2 is 1.88 bits per heavy atom. The van der Waals surface area contributed by atoms with Crippen molar-refractivity contribution in [1.29, 1.82) is 0 Å². The molecule has 4 nitrogen and oxygen atoms in total. The van der Waals surface area contributed by atoms with Gasteiger partial charge in [0.05, 0.1) is 0 Å². The van der Waals surface area contributed by atoms with Gasteiger partial charge >= 0.3 is 0 Å². The molecule has 0 unspecified atom stereocenters. The third-order valence-corrected chi connectivity index (χ3v) is 3.82. The maximum atomic E-state index is 11.8. The molecule has 2 heterocycles. The summed E-state index contributed by atoms with van der Waals surface area (Å²) in [6, 6.07) is 0.351. The molecule has 0 spiro atoms. The van der Waals surface area contributed by atoms with Crippen LogP contribution in [-0.4, -0.2) is 38.3 Å². The second-order valence-electron chi connectivity index (χ2n) is 5.19. The minimum Gasteiger partial charge on any atom is -0.381 e. The average Bonchev–Trinajstić information content (AvgIpc) is 2.39. The molecule has 0 saturated carbocycles. The number of amides is 1. The fraction of sp³-hybridized carbons (Fsp3) is 0.923. The summed E-state index contributed by atoms with van der Waals surface area (Å²) in [5.41, 5.74) is 0. The van der Waals surface area contributed by atoms with Gasteiger partial charge in [-0.05, 0) is 51.1 Å². The molecule has 0 aromatic carbocycles. The first-order chi connectivity index (χ1) is 8.34. The highest BCUT2D eigenvalue weighted by atomic mass is 16.5. The van der Waals surface area contributed by atoms with Crippen LogP contribution in [0.3, 0.4) is 0 Å². The zero-order valence-electron chi connectivity index (χ0n) is 10.5. The molecule has 0 atom stereocenters. The van der Waals surface area contributed by atoms with Gasteiger partial charge < -0.3 is 15.4 Å². The minimum absolute atomic E-state index is 0.232. The van der Waals surface area contributed by atoms with E-state index < -0.39 is 0 Å². The lowest BCUT2D eigenvalue weighted by atomic mass is 9.93. The van der Waals surface area contributed by atoms with Crippen LogP contribution >= 0.6 is 0 Å². The summed E-state index contributed by atoms with van der Waals surface area (Å²) >= 11 is 0. The van der Waals surface area contributed by atoms with Crippen molar-refractivity contribution in [1.82, 2.24) is 10.6 Å². The highest BCUT2D eigenvalue weighted by molar-refractivity contribution is 5.76. The van der Waals surface area contributed by atoms with Crippen molar-refractivity contribution in [2.75, 3.05) is 26.3 Å². The topological polar surface area (TPSA) is 50.4 Å². The van der Waals surface area contributed by atoms with E-state index in [2.05, 4.69) is 10.6 Å². The van der Waals surface area contributed by atoms with Crippen LogP contribution in [0.2, 0.25) is 0 Å². The third kappa shape index (κ3) is 4.64. The molecule has 0 radical (unpaired) electrons. The molecule has 2 N–H and O–H groups in total. The van der Waals surface area contributed by atoms with Gasteiger partial charge in [0.15, 0.2) is 0 Å². The lowest BCUT2D eigenvalue weighted by Gasteiger charge is -2.25. The minimum atomic E-state index is 0.232.